The third-order valence-corrected chi connectivity index (χ3v) is 5.00. The van der Waals surface area contributed by atoms with Crippen LogP contribution in [-0.4, -0.2) is 23.1 Å². The molecule has 0 radical (unpaired) electrons. The van der Waals surface area contributed by atoms with Crippen LogP contribution in [0, 0.1) is 0 Å². The van der Waals surface area contributed by atoms with Crippen LogP contribution in [0.25, 0.3) is 21.8 Å². The number of hydrogen-bond donors (Lipinski definition) is 1. The molecule has 1 heterocycles. The number of esters is 1. The van der Waals surface area contributed by atoms with Crippen LogP contribution in [0.3, 0.4) is 0 Å². The molecule has 1 amide bonds. The maximum atomic E-state index is 12.8. The molecule has 1 aromatic heterocycles. The van der Waals surface area contributed by atoms with E-state index in [9.17, 15) is 27.6 Å². The number of halogens is 3. The minimum absolute atomic E-state index is 0.0664. The Balaban J connectivity index is 1.49. The van der Waals surface area contributed by atoms with Gasteiger partial charge < -0.3 is 14.6 Å². The largest absolute Gasteiger partial charge is 0.454 e. The van der Waals surface area contributed by atoms with Crippen molar-refractivity contribution in [2.24, 2.45) is 0 Å². The molecule has 0 aliphatic heterocycles. The third kappa shape index (κ3) is 4.72. The molecule has 0 spiro atoms. The number of carbonyl (C=O) groups is 2. The molecule has 0 unspecified atom stereocenters. The zero-order valence-electron chi connectivity index (χ0n) is 17.1. The number of nitrogens with zero attached hydrogens (tertiary/aromatic N) is 1. The monoisotopic (exact) mass is 454 g/mol. The Bertz CT molecular complexity index is 1370. The van der Waals surface area contributed by atoms with Gasteiger partial charge in [-0.15, -0.1) is 0 Å². The number of alkyl halides is 3. The number of ether oxygens (including phenoxy) is 1. The van der Waals surface area contributed by atoms with Gasteiger partial charge in [-0.3, -0.25) is 14.4 Å². The molecule has 0 aliphatic rings. The van der Waals surface area contributed by atoms with E-state index in [2.05, 4.69) is 5.32 Å². The van der Waals surface area contributed by atoms with Gasteiger partial charge in [0.05, 0.1) is 16.6 Å². The zero-order valence-corrected chi connectivity index (χ0v) is 17.1. The molecule has 0 atom stereocenters. The van der Waals surface area contributed by atoms with E-state index in [-0.39, 0.29) is 17.7 Å². The lowest BCUT2D eigenvalue weighted by molar-refractivity contribution is -0.147. The molecule has 1 N–H and O–H groups in total. The van der Waals surface area contributed by atoms with E-state index in [1.165, 1.54) is 6.07 Å². The fourth-order valence-electron chi connectivity index (χ4n) is 3.54. The quantitative estimate of drug-likeness (QED) is 0.359. The Hall–Kier alpha value is -4.14. The molecule has 168 valence electrons. The summed E-state index contributed by atoms with van der Waals surface area (Å²) in [4.78, 5) is 37.3. The first-order valence-electron chi connectivity index (χ1n) is 9.87. The van der Waals surface area contributed by atoms with Crippen molar-refractivity contribution in [3.63, 3.8) is 0 Å². The van der Waals surface area contributed by atoms with Crippen LogP contribution in [0.5, 0.6) is 0 Å². The normalized spacial score (nSPS) is 11.5. The summed E-state index contributed by atoms with van der Waals surface area (Å²) < 4.78 is 45.1. The maximum Gasteiger partial charge on any atom is 0.416 e. The number of para-hydroxylation sites is 2. The van der Waals surface area contributed by atoms with E-state index in [0.717, 1.165) is 18.2 Å². The van der Waals surface area contributed by atoms with Crippen LogP contribution < -0.4 is 10.7 Å². The van der Waals surface area contributed by atoms with Crippen molar-refractivity contribution < 1.29 is 27.5 Å². The van der Waals surface area contributed by atoms with Crippen LogP contribution in [0.15, 0.2) is 77.6 Å². The van der Waals surface area contributed by atoms with Crippen molar-refractivity contribution in [2.75, 3.05) is 11.9 Å². The maximum absolute atomic E-state index is 12.8. The van der Waals surface area contributed by atoms with E-state index >= 15 is 0 Å². The first-order valence-corrected chi connectivity index (χ1v) is 9.87. The van der Waals surface area contributed by atoms with Gasteiger partial charge in [-0.2, -0.15) is 13.2 Å². The van der Waals surface area contributed by atoms with Gasteiger partial charge in [0.25, 0.3) is 5.91 Å². The third-order valence-electron chi connectivity index (χ3n) is 5.00. The summed E-state index contributed by atoms with van der Waals surface area (Å²) in [6, 6.07) is 17.8. The molecule has 0 saturated heterocycles. The van der Waals surface area contributed by atoms with Crippen molar-refractivity contribution in [1.82, 2.24) is 4.57 Å². The molecular formula is C24H17F3N2O4. The fourth-order valence-corrected chi connectivity index (χ4v) is 3.54. The average Bonchev–Trinajstić information content (AvgIpc) is 2.80. The summed E-state index contributed by atoms with van der Waals surface area (Å²) in [7, 11) is 0. The van der Waals surface area contributed by atoms with Gasteiger partial charge >= 0.3 is 12.1 Å². The number of aromatic nitrogens is 1. The number of rotatable bonds is 5. The van der Waals surface area contributed by atoms with Gasteiger partial charge in [0, 0.05) is 16.5 Å². The second-order valence-electron chi connectivity index (χ2n) is 7.24. The van der Waals surface area contributed by atoms with E-state index in [4.69, 9.17) is 4.74 Å². The van der Waals surface area contributed by atoms with E-state index in [1.807, 2.05) is 0 Å². The van der Waals surface area contributed by atoms with Gasteiger partial charge in [0.1, 0.15) is 6.54 Å². The summed E-state index contributed by atoms with van der Waals surface area (Å²) in [6.45, 7) is -0.941. The highest BCUT2D eigenvalue weighted by atomic mass is 19.4. The van der Waals surface area contributed by atoms with Gasteiger partial charge in [0.2, 0.25) is 0 Å². The highest BCUT2D eigenvalue weighted by molar-refractivity contribution is 5.95. The number of fused-ring (bicyclic) bond motifs is 2. The molecule has 0 bridgehead atoms. The molecule has 0 saturated carbocycles. The molecule has 0 aliphatic carbocycles. The minimum atomic E-state index is -4.55. The van der Waals surface area contributed by atoms with Crippen LogP contribution >= 0.6 is 0 Å². The van der Waals surface area contributed by atoms with Crippen molar-refractivity contribution in [1.29, 1.82) is 0 Å². The molecule has 6 nitrogen and oxygen atoms in total. The Morgan fingerprint density at radius 1 is 0.879 bits per heavy atom. The highest BCUT2D eigenvalue weighted by Crippen LogP contribution is 2.30. The van der Waals surface area contributed by atoms with Gasteiger partial charge in [-0.25, -0.2) is 0 Å². The van der Waals surface area contributed by atoms with Crippen molar-refractivity contribution in [3.05, 3.63) is 88.6 Å². The van der Waals surface area contributed by atoms with Crippen LogP contribution in [0.4, 0.5) is 18.9 Å². The Morgan fingerprint density at radius 2 is 1.48 bits per heavy atom. The molecule has 3 aromatic carbocycles. The van der Waals surface area contributed by atoms with Crippen molar-refractivity contribution in [2.45, 2.75) is 12.7 Å². The van der Waals surface area contributed by atoms with Crippen LogP contribution in [-0.2, 0) is 27.0 Å². The zero-order chi connectivity index (χ0) is 23.6. The van der Waals surface area contributed by atoms with E-state index in [0.29, 0.717) is 21.8 Å². The van der Waals surface area contributed by atoms with Gasteiger partial charge in [0.15, 0.2) is 12.0 Å². The fraction of sp³-hybridized carbons (Fsp3) is 0.125. The first kappa shape index (κ1) is 22.1. The number of carbonyl (C=O) groups excluding carboxylic acids is 2. The standard InChI is InChI=1S/C24H17F3N2O4/c25-24(26,27)15-6-5-7-16(12-15)28-21(30)14-33-22(31)13-29-19-10-3-1-8-17(19)23(32)18-9-2-4-11-20(18)29/h1-12H,13-14H2,(H,28,30). The smallest absolute Gasteiger partial charge is 0.416 e. The minimum Gasteiger partial charge on any atom is -0.454 e. The van der Waals surface area contributed by atoms with E-state index in [1.54, 1.807) is 53.1 Å². The van der Waals surface area contributed by atoms with Crippen molar-refractivity contribution in [3.8, 4) is 0 Å². The second-order valence-corrected chi connectivity index (χ2v) is 7.24. The Kier molecular flexibility index (Phi) is 5.87. The lowest BCUT2D eigenvalue weighted by Gasteiger charge is -2.14. The first-order chi connectivity index (χ1) is 15.7. The van der Waals surface area contributed by atoms with Crippen molar-refractivity contribution >= 4 is 39.4 Å². The summed E-state index contributed by atoms with van der Waals surface area (Å²) in [5.74, 6) is -1.52. The second kappa shape index (κ2) is 8.78. The van der Waals surface area contributed by atoms with E-state index < -0.39 is 30.2 Å². The molecule has 33 heavy (non-hydrogen) atoms. The summed E-state index contributed by atoms with van der Waals surface area (Å²) in [5, 5.41) is 3.15. The molecule has 4 aromatic rings. The highest BCUT2D eigenvalue weighted by Gasteiger charge is 2.30. The lowest BCUT2D eigenvalue weighted by atomic mass is 10.1. The molecular weight excluding hydrogens is 437 g/mol. The SMILES string of the molecule is O=C(COC(=O)Cn1c2ccccc2c(=O)c2ccccc21)Nc1cccc(C(F)(F)F)c1. The number of nitrogens with one attached hydrogen (secondary N) is 1. The average molecular weight is 454 g/mol. The van der Waals surface area contributed by atoms with Gasteiger partial charge in [-0.05, 0) is 42.5 Å². The number of hydrogen-bond acceptors (Lipinski definition) is 4. The topological polar surface area (TPSA) is 77.4 Å². The number of amides is 1. The Morgan fingerprint density at radius 3 is 2.09 bits per heavy atom. The predicted octanol–water partition coefficient (Wildman–Crippen LogP) is 4.36. The summed E-state index contributed by atoms with van der Waals surface area (Å²) >= 11 is 0. The number of anilines is 1. The van der Waals surface area contributed by atoms with Crippen LogP contribution in [0.1, 0.15) is 5.56 Å². The van der Waals surface area contributed by atoms with Crippen LogP contribution in [0.2, 0.25) is 0 Å². The Labute approximate surface area is 185 Å². The molecule has 9 heteroatoms. The number of benzene rings is 3. The van der Waals surface area contributed by atoms with Gasteiger partial charge in [-0.1, -0.05) is 30.3 Å². The lowest BCUT2D eigenvalue weighted by Crippen LogP contribution is -2.24. The number of pyridine rings is 1. The predicted molar refractivity (Wildman–Crippen MR) is 117 cm³/mol. The summed E-state index contributed by atoms with van der Waals surface area (Å²) in [6.07, 6.45) is -4.55. The molecule has 0 fully saturated rings. The molecule has 4 rings (SSSR count). The summed E-state index contributed by atoms with van der Waals surface area (Å²) in [5.41, 5.74) is -0.0676.